The molecule has 1 saturated heterocycles. The summed E-state index contributed by atoms with van der Waals surface area (Å²) >= 11 is 6.87. The molecule has 0 saturated carbocycles. The number of pyridine rings is 1. The van der Waals surface area contributed by atoms with E-state index in [1.165, 1.54) is 0 Å². The molecule has 2 aliphatic rings. The number of nitrogens with zero attached hydrogens (tertiary/aromatic N) is 3. The van der Waals surface area contributed by atoms with Crippen molar-refractivity contribution in [1.82, 2.24) is 14.4 Å². The Bertz CT molecular complexity index is 1420. The average Bonchev–Trinajstić information content (AvgIpc) is 2.99. The van der Waals surface area contributed by atoms with Gasteiger partial charge in [0.15, 0.2) is 0 Å². The van der Waals surface area contributed by atoms with Crippen LogP contribution in [0.15, 0.2) is 48.3 Å². The Kier molecular flexibility index (Phi) is 13.9. The summed E-state index contributed by atoms with van der Waals surface area (Å²) in [6.45, 7) is 17.4. The number of anilines is 1. The Morgan fingerprint density at radius 2 is 1.67 bits per heavy atom. The van der Waals surface area contributed by atoms with Crippen molar-refractivity contribution in [3.63, 3.8) is 0 Å². The van der Waals surface area contributed by atoms with Crippen molar-refractivity contribution >= 4 is 34.3 Å². The SMILES string of the molecule is C=C.CC(C)(C)O.CN1CCN(Cc2ccc3c(-c4ccc5c(c4Cl)NCCO5)c(CC=O)n(C)c(=O)c3c2)CC1.CO. The first-order valence-corrected chi connectivity index (χ1v) is 14.7. The zero-order valence-electron chi connectivity index (χ0n) is 26.4. The minimum absolute atomic E-state index is 0.105. The molecular weight excluding hydrogens is 568 g/mol. The molecule has 43 heavy (non-hydrogen) atoms. The number of likely N-dealkylation sites (N-methyl/N-ethyl adjacent to an activating group) is 1. The number of hydrogen-bond acceptors (Lipinski definition) is 8. The highest BCUT2D eigenvalue weighted by atomic mass is 35.5. The number of carbonyl (C=O) groups is 1. The number of halogens is 1. The number of hydrogen-bond donors (Lipinski definition) is 3. The molecule has 0 spiro atoms. The topological polar surface area (TPSA) is 107 Å². The van der Waals surface area contributed by atoms with E-state index in [1.807, 2.05) is 24.3 Å². The van der Waals surface area contributed by atoms with Gasteiger partial charge in [0.1, 0.15) is 18.6 Å². The van der Waals surface area contributed by atoms with Crippen LogP contribution in [-0.2, 0) is 24.8 Å². The van der Waals surface area contributed by atoms with Gasteiger partial charge in [0.05, 0.1) is 16.3 Å². The molecule has 3 aromatic rings. The first-order valence-electron chi connectivity index (χ1n) is 14.3. The van der Waals surface area contributed by atoms with Gasteiger partial charge in [-0.05, 0) is 57.0 Å². The summed E-state index contributed by atoms with van der Waals surface area (Å²) in [7, 11) is 4.87. The zero-order chi connectivity index (χ0) is 32.3. The maximum Gasteiger partial charge on any atom is 0.258 e. The van der Waals surface area contributed by atoms with Crippen LogP contribution in [0.2, 0.25) is 5.02 Å². The molecule has 2 aliphatic heterocycles. The van der Waals surface area contributed by atoms with Crippen LogP contribution in [0.4, 0.5) is 5.69 Å². The van der Waals surface area contributed by atoms with Crippen molar-refractivity contribution in [3.05, 3.63) is 70.1 Å². The number of aromatic nitrogens is 1. The summed E-state index contributed by atoms with van der Waals surface area (Å²) in [5, 5.41) is 20.8. The lowest BCUT2D eigenvalue weighted by molar-refractivity contribution is -0.107. The number of aldehydes is 1. The second-order valence-corrected chi connectivity index (χ2v) is 11.6. The van der Waals surface area contributed by atoms with E-state index in [0.717, 1.165) is 73.9 Å². The van der Waals surface area contributed by atoms with Gasteiger partial charge in [0.25, 0.3) is 5.56 Å². The number of aliphatic hydroxyl groups is 2. The molecule has 9 nitrogen and oxygen atoms in total. The Hall–Kier alpha value is -3.21. The van der Waals surface area contributed by atoms with Gasteiger partial charge >= 0.3 is 0 Å². The van der Waals surface area contributed by atoms with Crippen molar-refractivity contribution in [2.24, 2.45) is 7.05 Å². The normalized spacial score (nSPS) is 14.8. The quantitative estimate of drug-likeness (QED) is 0.288. The van der Waals surface area contributed by atoms with Gasteiger partial charge in [0.2, 0.25) is 0 Å². The van der Waals surface area contributed by atoms with Crippen LogP contribution in [0.5, 0.6) is 5.75 Å². The minimum atomic E-state index is -0.500. The van der Waals surface area contributed by atoms with Crippen LogP contribution in [0, 0.1) is 0 Å². The molecule has 1 fully saturated rings. The number of benzene rings is 2. The minimum Gasteiger partial charge on any atom is -0.490 e. The molecule has 10 heteroatoms. The van der Waals surface area contributed by atoms with Crippen LogP contribution in [0.1, 0.15) is 32.0 Å². The van der Waals surface area contributed by atoms with Crippen LogP contribution < -0.4 is 15.6 Å². The second kappa shape index (κ2) is 16.6. The first kappa shape index (κ1) is 36.0. The number of rotatable bonds is 5. The highest BCUT2D eigenvalue weighted by Crippen LogP contribution is 2.44. The van der Waals surface area contributed by atoms with Crippen molar-refractivity contribution in [2.45, 2.75) is 39.3 Å². The number of piperazine rings is 1. The van der Waals surface area contributed by atoms with Crippen LogP contribution in [-0.4, -0.2) is 90.0 Å². The molecule has 5 rings (SSSR count). The summed E-state index contributed by atoms with van der Waals surface area (Å²) < 4.78 is 7.32. The third kappa shape index (κ3) is 9.39. The smallest absolute Gasteiger partial charge is 0.258 e. The molecule has 0 amide bonds. The van der Waals surface area contributed by atoms with E-state index >= 15 is 0 Å². The Balaban J connectivity index is 0.000000642. The molecule has 0 radical (unpaired) electrons. The average molecular weight is 615 g/mol. The highest BCUT2D eigenvalue weighted by Gasteiger charge is 2.23. The molecule has 1 aromatic heterocycles. The standard InChI is InChI=1S/C26H29ClN4O3.C4H10O.C2H4.CH4O/c1-29-9-11-31(12-10-29)16-17-3-4-18-20(15-17)26(33)30(2)21(7-13-32)23(18)19-5-6-22-25(24(19)27)28-8-14-34-22;1-4(2,3)5;2*1-2/h3-6,13,15,28H,7-12,14,16H2,1-2H3;5H,1-3H3;1-2H2;2H,1H3. The lowest BCUT2D eigenvalue weighted by Gasteiger charge is -2.32. The van der Waals surface area contributed by atoms with Gasteiger partial charge in [-0.3, -0.25) is 9.69 Å². The fourth-order valence-electron chi connectivity index (χ4n) is 4.97. The Morgan fingerprint density at radius 3 is 2.28 bits per heavy atom. The zero-order valence-corrected chi connectivity index (χ0v) is 27.1. The number of carbonyl (C=O) groups excluding carboxylic acids is 1. The van der Waals surface area contributed by atoms with E-state index in [9.17, 15) is 9.59 Å². The van der Waals surface area contributed by atoms with E-state index in [1.54, 1.807) is 32.4 Å². The highest BCUT2D eigenvalue weighted by molar-refractivity contribution is 6.37. The summed E-state index contributed by atoms with van der Waals surface area (Å²) in [6.07, 6.45) is 0.955. The molecule has 0 aliphatic carbocycles. The van der Waals surface area contributed by atoms with E-state index < -0.39 is 5.60 Å². The fraction of sp³-hybridized carbons (Fsp3) is 0.455. The van der Waals surface area contributed by atoms with Crippen molar-refractivity contribution in [3.8, 4) is 16.9 Å². The summed E-state index contributed by atoms with van der Waals surface area (Å²) in [5.74, 6) is 0.709. The van der Waals surface area contributed by atoms with Gasteiger partial charge in [-0.25, -0.2) is 0 Å². The maximum atomic E-state index is 13.4. The third-order valence-electron chi connectivity index (χ3n) is 6.90. The molecule has 3 N–H and O–H groups in total. The molecule has 236 valence electrons. The van der Waals surface area contributed by atoms with Gasteiger partial charge in [-0.2, -0.15) is 0 Å². The molecule has 0 unspecified atom stereocenters. The van der Waals surface area contributed by atoms with E-state index in [4.69, 9.17) is 26.6 Å². The van der Waals surface area contributed by atoms with Gasteiger partial charge in [-0.15, -0.1) is 13.2 Å². The fourth-order valence-corrected chi connectivity index (χ4v) is 5.28. The second-order valence-electron chi connectivity index (χ2n) is 11.3. The van der Waals surface area contributed by atoms with Gasteiger partial charge < -0.3 is 34.5 Å². The van der Waals surface area contributed by atoms with Crippen molar-refractivity contribution in [1.29, 1.82) is 0 Å². The maximum absolute atomic E-state index is 13.4. The monoisotopic (exact) mass is 614 g/mol. The number of nitrogens with one attached hydrogen (secondary N) is 1. The van der Waals surface area contributed by atoms with Crippen molar-refractivity contribution < 1.29 is 19.7 Å². The predicted molar refractivity (Wildman–Crippen MR) is 178 cm³/mol. The summed E-state index contributed by atoms with van der Waals surface area (Å²) in [4.78, 5) is 29.7. The largest absolute Gasteiger partial charge is 0.490 e. The van der Waals surface area contributed by atoms with E-state index in [-0.39, 0.29) is 12.0 Å². The molecule has 0 bridgehead atoms. The van der Waals surface area contributed by atoms with Crippen LogP contribution >= 0.6 is 11.6 Å². The van der Waals surface area contributed by atoms with Gasteiger partial charge in [0, 0.05) is 82.1 Å². The van der Waals surface area contributed by atoms with Crippen molar-refractivity contribution in [2.75, 3.05) is 58.8 Å². The lowest BCUT2D eigenvalue weighted by Crippen LogP contribution is -2.43. The molecule has 0 atom stereocenters. The van der Waals surface area contributed by atoms with E-state index in [0.29, 0.717) is 35.0 Å². The molecular formula is C33H47ClN4O5. The number of aliphatic hydroxyl groups excluding tert-OH is 1. The number of fused-ring (bicyclic) bond motifs is 2. The summed E-state index contributed by atoms with van der Waals surface area (Å²) in [6, 6.07) is 9.90. The predicted octanol–water partition coefficient (Wildman–Crippen LogP) is 4.34. The first-order chi connectivity index (χ1) is 20.5. The lowest BCUT2D eigenvalue weighted by atomic mass is 9.94. The van der Waals surface area contributed by atoms with E-state index in [2.05, 4.69) is 41.4 Å². The third-order valence-corrected chi connectivity index (χ3v) is 7.29. The Morgan fingerprint density at radius 1 is 1.05 bits per heavy atom. The Labute approximate surface area is 260 Å². The van der Waals surface area contributed by atoms with Crippen LogP contribution in [0.25, 0.3) is 21.9 Å². The molecule has 3 heterocycles. The number of ether oxygens (including phenoxy) is 1. The van der Waals surface area contributed by atoms with Crippen LogP contribution in [0.3, 0.4) is 0 Å². The molecule has 2 aromatic carbocycles. The van der Waals surface area contributed by atoms with Gasteiger partial charge in [-0.1, -0.05) is 23.7 Å². The summed E-state index contributed by atoms with van der Waals surface area (Å²) in [5.41, 5.74) is 3.49.